The molecule has 4 unspecified atom stereocenters. The van der Waals surface area contributed by atoms with Gasteiger partial charge in [-0.3, -0.25) is 15.0 Å². The topological polar surface area (TPSA) is 186 Å². The van der Waals surface area contributed by atoms with Crippen LogP contribution in [0.15, 0.2) is 91.9 Å². The zero-order valence-corrected chi connectivity index (χ0v) is 23.1. The summed E-state index contributed by atoms with van der Waals surface area (Å²) in [7, 11) is 0. The van der Waals surface area contributed by atoms with Gasteiger partial charge in [-0.25, -0.2) is 24.2 Å². The van der Waals surface area contributed by atoms with Crippen LogP contribution < -0.4 is 0 Å². The molecule has 4 atom stereocenters. The summed E-state index contributed by atoms with van der Waals surface area (Å²) in [6.45, 7) is -1.67. The first-order valence-electron chi connectivity index (χ1n) is 13.2. The van der Waals surface area contributed by atoms with E-state index in [1.807, 2.05) is 0 Å². The molecular weight excluding hydrogens is 595 g/mol. The van der Waals surface area contributed by atoms with E-state index in [-0.39, 0.29) is 16.7 Å². The largest absolute Gasteiger partial charge is 0.459 e. The van der Waals surface area contributed by atoms with Crippen LogP contribution in [-0.2, 0) is 23.7 Å². The molecule has 0 radical (unpaired) electrons. The van der Waals surface area contributed by atoms with E-state index in [0.717, 1.165) is 12.3 Å². The molecule has 1 aliphatic heterocycles. The molecule has 0 saturated carbocycles. The quantitative estimate of drug-likeness (QED) is 0.154. The summed E-state index contributed by atoms with van der Waals surface area (Å²) in [6, 6.07) is 11.0. The number of nitrogens with zero attached hydrogens (tertiary/aromatic N) is 4. The molecule has 5 heterocycles. The number of carbonyl (C=O) groups excluding carboxylic acids is 4. The predicted octanol–water partition coefficient (Wildman–Crippen LogP) is 1.96. The number of aliphatic hydroxyl groups is 1. The van der Waals surface area contributed by atoms with E-state index < -0.39 is 72.7 Å². The van der Waals surface area contributed by atoms with E-state index in [2.05, 4.69) is 19.9 Å². The van der Waals surface area contributed by atoms with Crippen molar-refractivity contribution in [2.75, 3.05) is 13.2 Å². The minimum absolute atomic E-state index is 0.00476. The number of pyridine rings is 4. The van der Waals surface area contributed by atoms with E-state index in [9.17, 15) is 28.7 Å². The van der Waals surface area contributed by atoms with Crippen LogP contribution in [0.25, 0.3) is 0 Å². The van der Waals surface area contributed by atoms with Crippen molar-refractivity contribution in [2.45, 2.75) is 24.1 Å². The lowest BCUT2D eigenvalue weighted by Gasteiger charge is -2.29. The smallest absolute Gasteiger partial charge is 0.343 e. The number of rotatable bonds is 10. The van der Waals surface area contributed by atoms with Gasteiger partial charge in [-0.1, -0.05) is 0 Å². The average molecular weight is 619 g/mol. The number of hydrogen-bond donors (Lipinski definition) is 1. The van der Waals surface area contributed by atoms with Crippen molar-refractivity contribution in [2.24, 2.45) is 0 Å². The van der Waals surface area contributed by atoms with Gasteiger partial charge < -0.3 is 28.8 Å². The first-order chi connectivity index (χ1) is 21.7. The monoisotopic (exact) mass is 618 g/mol. The molecule has 1 N–H and O–H groups in total. The third-order valence-electron chi connectivity index (χ3n) is 6.40. The molecule has 0 bridgehead atoms. The highest BCUT2D eigenvalue weighted by atomic mass is 19.1. The molecule has 0 spiro atoms. The molecule has 45 heavy (non-hydrogen) atoms. The highest BCUT2D eigenvalue weighted by Gasteiger charge is 2.60. The van der Waals surface area contributed by atoms with E-state index in [4.69, 9.17) is 23.7 Å². The van der Waals surface area contributed by atoms with Crippen molar-refractivity contribution in [1.82, 2.24) is 19.9 Å². The Labute approximate surface area is 253 Å². The van der Waals surface area contributed by atoms with Gasteiger partial charge in [-0.2, -0.15) is 4.39 Å². The fourth-order valence-corrected chi connectivity index (χ4v) is 4.24. The number of ether oxygens (including phenoxy) is 5. The molecule has 15 heteroatoms. The van der Waals surface area contributed by atoms with Crippen molar-refractivity contribution >= 4 is 23.9 Å². The second-order valence-electron chi connectivity index (χ2n) is 9.44. The zero-order valence-electron chi connectivity index (χ0n) is 23.1. The van der Waals surface area contributed by atoms with Gasteiger partial charge >= 0.3 is 23.9 Å². The molecule has 0 aliphatic carbocycles. The van der Waals surface area contributed by atoms with Crippen LogP contribution in [0.2, 0.25) is 0 Å². The number of halogens is 1. The fourth-order valence-electron chi connectivity index (χ4n) is 4.24. The Morgan fingerprint density at radius 1 is 0.756 bits per heavy atom. The molecular formula is C30H23FN4O10. The van der Waals surface area contributed by atoms with Crippen molar-refractivity contribution in [3.05, 3.63) is 120 Å². The molecule has 1 aliphatic rings. The van der Waals surface area contributed by atoms with Gasteiger partial charge in [0.2, 0.25) is 11.7 Å². The Balaban J connectivity index is 1.45. The number of hydrogen-bond acceptors (Lipinski definition) is 14. The third kappa shape index (κ3) is 7.29. The average Bonchev–Trinajstić information content (AvgIpc) is 3.33. The van der Waals surface area contributed by atoms with Gasteiger partial charge in [-0.15, -0.1) is 0 Å². The molecule has 14 nitrogen and oxygen atoms in total. The van der Waals surface area contributed by atoms with Crippen molar-refractivity contribution in [1.29, 1.82) is 0 Å². The maximum Gasteiger partial charge on any atom is 0.343 e. The van der Waals surface area contributed by atoms with Gasteiger partial charge in [0.05, 0.1) is 16.7 Å². The van der Waals surface area contributed by atoms with Gasteiger partial charge in [0.1, 0.15) is 24.9 Å². The first kappa shape index (κ1) is 30.8. The SMILES string of the molecule is O=C(OCC1OC(O)(COC(=O)c2cccnc2F)C(OC(=O)c2cccnc2)C1OC(=O)c1cccnc1)c1cccnc1. The summed E-state index contributed by atoms with van der Waals surface area (Å²) in [4.78, 5) is 66.5. The van der Waals surface area contributed by atoms with Gasteiger partial charge in [0.15, 0.2) is 12.2 Å². The summed E-state index contributed by atoms with van der Waals surface area (Å²) >= 11 is 0. The Kier molecular flexibility index (Phi) is 9.40. The summed E-state index contributed by atoms with van der Waals surface area (Å²) in [5.74, 6) is -7.87. The van der Waals surface area contributed by atoms with E-state index >= 15 is 0 Å². The van der Waals surface area contributed by atoms with Gasteiger partial charge in [0.25, 0.3) is 0 Å². The van der Waals surface area contributed by atoms with Crippen LogP contribution in [0.1, 0.15) is 41.4 Å². The summed E-state index contributed by atoms with van der Waals surface area (Å²) in [5.41, 5.74) is -0.515. The minimum Gasteiger partial charge on any atom is -0.459 e. The Morgan fingerprint density at radius 2 is 1.31 bits per heavy atom. The highest BCUT2D eigenvalue weighted by Crippen LogP contribution is 2.36. The van der Waals surface area contributed by atoms with Gasteiger partial charge in [-0.05, 0) is 48.5 Å². The third-order valence-corrected chi connectivity index (χ3v) is 6.40. The molecule has 0 amide bonds. The maximum absolute atomic E-state index is 14.1. The lowest BCUT2D eigenvalue weighted by molar-refractivity contribution is -0.247. The second kappa shape index (κ2) is 13.7. The molecule has 1 fully saturated rings. The van der Waals surface area contributed by atoms with Crippen LogP contribution in [0.3, 0.4) is 0 Å². The Morgan fingerprint density at radius 3 is 1.87 bits per heavy atom. The fraction of sp³-hybridized carbons (Fsp3) is 0.200. The molecule has 5 rings (SSSR count). The molecule has 230 valence electrons. The Hall–Kier alpha value is -5.67. The van der Waals surface area contributed by atoms with Crippen molar-refractivity contribution in [3.63, 3.8) is 0 Å². The van der Waals surface area contributed by atoms with Crippen molar-refractivity contribution < 1.29 is 52.4 Å². The van der Waals surface area contributed by atoms with Crippen LogP contribution in [-0.4, -0.2) is 86.2 Å². The van der Waals surface area contributed by atoms with Crippen LogP contribution in [0, 0.1) is 5.95 Å². The lowest BCUT2D eigenvalue weighted by Crippen LogP contribution is -2.51. The predicted molar refractivity (Wildman–Crippen MR) is 146 cm³/mol. The minimum atomic E-state index is -2.70. The van der Waals surface area contributed by atoms with E-state index in [0.29, 0.717) is 0 Å². The summed E-state index contributed by atoms with van der Waals surface area (Å²) < 4.78 is 41.5. The lowest BCUT2D eigenvalue weighted by atomic mass is 10.0. The molecule has 4 aromatic rings. The van der Waals surface area contributed by atoms with Gasteiger partial charge in [0, 0.05) is 43.4 Å². The van der Waals surface area contributed by atoms with E-state index in [1.54, 1.807) is 0 Å². The normalized spacial score (nSPS) is 20.5. The summed E-state index contributed by atoms with van der Waals surface area (Å²) in [5, 5.41) is 11.7. The summed E-state index contributed by atoms with van der Waals surface area (Å²) in [6.07, 6.45) is 4.06. The molecule has 1 saturated heterocycles. The second-order valence-corrected chi connectivity index (χ2v) is 9.44. The zero-order chi connectivity index (χ0) is 31.8. The Bertz CT molecular complexity index is 1670. The van der Waals surface area contributed by atoms with Crippen LogP contribution in [0.5, 0.6) is 0 Å². The number of esters is 4. The number of carbonyl (C=O) groups is 4. The van der Waals surface area contributed by atoms with E-state index in [1.165, 1.54) is 79.6 Å². The molecule has 0 aromatic carbocycles. The maximum atomic E-state index is 14.1. The van der Waals surface area contributed by atoms with Crippen LogP contribution in [0.4, 0.5) is 4.39 Å². The first-order valence-corrected chi connectivity index (χ1v) is 13.2. The molecule has 4 aromatic heterocycles. The highest BCUT2D eigenvalue weighted by molar-refractivity contribution is 5.91. The van der Waals surface area contributed by atoms with Crippen LogP contribution >= 0.6 is 0 Å². The standard InChI is InChI=1S/C30H23FN4O10/c31-25-21(8-4-12-35-25)29(39)42-17-30(40)24(44-28(38)20-7-3-11-34-15-20)23(43-27(37)19-6-2-10-33-14-19)22(45-30)16-41-26(36)18-5-1-9-32-13-18/h1-15,22-24,40H,16-17H2. The van der Waals surface area contributed by atoms with Crippen molar-refractivity contribution in [3.8, 4) is 0 Å². The number of aromatic nitrogens is 4.